The summed E-state index contributed by atoms with van der Waals surface area (Å²) in [5, 5.41) is 8.08. The van der Waals surface area contributed by atoms with E-state index in [1.165, 1.54) is 11.3 Å². The summed E-state index contributed by atoms with van der Waals surface area (Å²) in [7, 11) is 1.71. The number of carbonyl (C=O) groups is 1. The first-order valence-electron chi connectivity index (χ1n) is 6.12. The molecule has 2 heterocycles. The number of aromatic nitrogens is 1. The fourth-order valence-electron chi connectivity index (χ4n) is 2.32. The van der Waals surface area contributed by atoms with Gasteiger partial charge < -0.3 is 15.4 Å². The molecule has 1 fully saturated rings. The SMILES string of the molecule is COCC1(CNC(=O)c2cscn2)CCNCC1. The van der Waals surface area contributed by atoms with Gasteiger partial charge in [0.15, 0.2) is 0 Å². The minimum Gasteiger partial charge on any atom is -0.384 e. The molecule has 0 atom stereocenters. The van der Waals surface area contributed by atoms with Crippen LogP contribution in [0.1, 0.15) is 23.3 Å². The van der Waals surface area contributed by atoms with Gasteiger partial charge in [-0.3, -0.25) is 4.79 Å². The lowest BCUT2D eigenvalue weighted by molar-refractivity contribution is 0.0511. The van der Waals surface area contributed by atoms with Crippen molar-refractivity contribution in [1.82, 2.24) is 15.6 Å². The second-order valence-corrected chi connectivity index (χ2v) is 5.46. The molecule has 6 heteroatoms. The Morgan fingerprint density at radius 2 is 2.39 bits per heavy atom. The number of piperidine rings is 1. The summed E-state index contributed by atoms with van der Waals surface area (Å²) < 4.78 is 5.32. The van der Waals surface area contributed by atoms with Gasteiger partial charge in [-0.1, -0.05) is 0 Å². The zero-order chi connectivity index (χ0) is 12.8. The molecule has 100 valence electrons. The van der Waals surface area contributed by atoms with E-state index in [2.05, 4.69) is 15.6 Å². The first-order chi connectivity index (χ1) is 8.76. The fraction of sp³-hybridized carbons (Fsp3) is 0.667. The highest BCUT2D eigenvalue weighted by atomic mass is 32.1. The Morgan fingerprint density at radius 1 is 1.61 bits per heavy atom. The largest absolute Gasteiger partial charge is 0.384 e. The third-order valence-corrected chi connectivity index (χ3v) is 3.99. The maximum Gasteiger partial charge on any atom is 0.270 e. The van der Waals surface area contributed by atoms with Crippen molar-refractivity contribution >= 4 is 17.2 Å². The van der Waals surface area contributed by atoms with E-state index >= 15 is 0 Å². The maximum absolute atomic E-state index is 11.9. The number of hydrogen-bond donors (Lipinski definition) is 2. The molecule has 2 N–H and O–H groups in total. The molecule has 1 aliphatic rings. The summed E-state index contributed by atoms with van der Waals surface area (Å²) in [5.74, 6) is -0.0924. The predicted molar refractivity (Wildman–Crippen MR) is 70.9 cm³/mol. The topological polar surface area (TPSA) is 63.2 Å². The second kappa shape index (κ2) is 6.26. The van der Waals surface area contributed by atoms with Gasteiger partial charge in [-0.05, 0) is 25.9 Å². The van der Waals surface area contributed by atoms with Gasteiger partial charge in [0, 0.05) is 24.4 Å². The number of ether oxygens (including phenoxy) is 1. The lowest BCUT2D eigenvalue weighted by atomic mass is 9.79. The number of methoxy groups -OCH3 is 1. The monoisotopic (exact) mass is 269 g/mol. The molecule has 1 aromatic heterocycles. The number of hydrogen-bond acceptors (Lipinski definition) is 5. The standard InChI is InChI=1S/C12H19N3O2S/c1-17-8-12(2-4-13-5-3-12)7-14-11(16)10-6-18-9-15-10/h6,9,13H,2-5,7-8H2,1H3,(H,14,16). The number of rotatable bonds is 5. The van der Waals surface area contributed by atoms with Crippen LogP contribution in [-0.4, -0.2) is 44.2 Å². The zero-order valence-electron chi connectivity index (χ0n) is 10.6. The van der Waals surface area contributed by atoms with E-state index in [1.54, 1.807) is 18.0 Å². The van der Waals surface area contributed by atoms with E-state index in [9.17, 15) is 4.79 Å². The molecule has 0 aliphatic carbocycles. The molecule has 0 spiro atoms. The van der Waals surface area contributed by atoms with E-state index < -0.39 is 0 Å². The van der Waals surface area contributed by atoms with Crippen molar-refractivity contribution in [2.75, 3.05) is 33.4 Å². The molecule has 1 aliphatic heterocycles. The number of amides is 1. The lowest BCUT2D eigenvalue weighted by Gasteiger charge is -2.37. The number of nitrogens with one attached hydrogen (secondary N) is 2. The van der Waals surface area contributed by atoms with Crippen LogP contribution in [0.3, 0.4) is 0 Å². The van der Waals surface area contributed by atoms with E-state index in [1.807, 2.05) is 0 Å². The quantitative estimate of drug-likeness (QED) is 0.833. The third-order valence-electron chi connectivity index (χ3n) is 3.40. The smallest absolute Gasteiger partial charge is 0.270 e. The molecule has 1 saturated heterocycles. The van der Waals surface area contributed by atoms with Crippen LogP contribution in [0.2, 0.25) is 0 Å². The predicted octanol–water partition coefficient (Wildman–Crippen LogP) is 0.889. The molecule has 0 unspecified atom stereocenters. The van der Waals surface area contributed by atoms with Crippen molar-refractivity contribution in [3.63, 3.8) is 0 Å². The van der Waals surface area contributed by atoms with Crippen LogP contribution in [0, 0.1) is 5.41 Å². The van der Waals surface area contributed by atoms with Crippen LogP contribution in [0.15, 0.2) is 10.9 Å². The normalized spacial score (nSPS) is 18.5. The molecular weight excluding hydrogens is 250 g/mol. The van der Waals surface area contributed by atoms with Gasteiger partial charge >= 0.3 is 0 Å². The van der Waals surface area contributed by atoms with Crippen LogP contribution in [-0.2, 0) is 4.74 Å². The lowest BCUT2D eigenvalue weighted by Crippen LogP contribution is -2.47. The summed E-state index contributed by atoms with van der Waals surface area (Å²) in [6, 6.07) is 0. The van der Waals surface area contributed by atoms with Gasteiger partial charge in [0.25, 0.3) is 5.91 Å². The molecule has 1 amide bonds. The molecular formula is C12H19N3O2S. The van der Waals surface area contributed by atoms with Crippen molar-refractivity contribution < 1.29 is 9.53 Å². The molecule has 2 rings (SSSR count). The van der Waals surface area contributed by atoms with Gasteiger partial charge in [0.05, 0.1) is 12.1 Å². The molecule has 0 saturated carbocycles. The first-order valence-corrected chi connectivity index (χ1v) is 7.06. The maximum atomic E-state index is 11.9. The molecule has 0 aromatic carbocycles. The summed E-state index contributed by atoms with van der Waals surface area (Å²) >= 11 is 1.43. The van der Waals surface area contributed by atoms with Crippen molar-refractivity contribution in [3.8, 4) is 0 Å². The average molecular weight is 269 g/mol. The Morgan fingerprint density at radius 3 is 3.00 bits per heavy atom. The highest BCUT2D eigenvalue weighted by Gasteiger charge is 2.32. The second-order valence-electron chi connectivity index (χ2n) is 4.74. The number of nitrogens with zero attached hydrogens (tertiary/aromatic N) is 1. The van der Waals surface area contributed by atoms with Crippen molar-refractivity contribution in [3.05, 3.63) is 16.6 Å². The fourth-order valence-corrected chi connectivity index (χ4v) is 2.85. The van der Waals surface area contributed by atoms with E-state index in [-0.39, 0.29) is 11.3 Å². The van der Waals surface area contributed by atoms with Gasteiger partial charge in [-0.25, -0.2) is 4.98 Å². The summed E-state index contributed by atoms with van der Waals surface area (Å²) in [6.07, 6.45) is 2.05. The number of thiazole rings is 1. The first kappa shape index (κ1) is 13.5. The summed E-state index contributed by atoms with van der Waals surface area (Å²) in [6.45, 7) is 3.30. The van der Waals surface area contributed by atoms with E-state index in [0.717, 1.165) is 25.9 Å². The molecule has 0 bridgehead atoms. The average Bonchev–Trinajstić information content (AvgIpc) is 2.91. The zero-order valence-corrected chi connectivity index (χ0v) is 11.4. The summed E-state index contributed by atoms with van der Waals surface area (Å²) in [4.78, 5) is 15.9. The molecule has 18 heavy (non-hydrogen) atoms. The highest BCUT2D eigenvalue weighted by molar-refractivity contribution is 7.07. The highest BCUT2D eigenvalue weighted by Crippen LogP contribution is 2.28. The van der Waals surface area contributed by atoms with Crippen LogP contribution >= 0.6 is 11.3 Å². The van der Waals surface area contributed by atoms with E-state index in [4.69, 9.17) is 4.74 Å². The Labute approximate surface area is 111 Å². The van der Waals surface area contributed by atoms with Crippen molar-refractivity contribution in [2.45, 2.75) is 12.8 Å². The van der Waals surface area contributed by atoms with Crippen LogP contribution in [0.4, 0.5) is 0 Å². The molecule has 5 nitrogen and oxygen atoms in total. The Kier molecular flexibility index (Phi) is 4.68. The van der Waals surface area contributed by atoms with Gasteiger partial charge in [0.1, 0.15) is 5.69 Å². The Bertz CT molecular complexity index is 369. The molecule has 0 radical (unpaired) electrons. The third kappa shape index (κ3) is 3.28. The van der Waals surface area contributed by atoms with Crippen LogP contribution < -0.4 is 10.6 Å². The van der Waals surface area contributed by atoms with E-state index in [0.29, 0.717) is 18.8 Å². The van der Waals surface area contributed by atoms with Crippen molar-refractivity contribution in [1.29, 1.82) is 0 Å². The van der Waals surface area contributed by atoms with Crippen LogP contribution in [0.5, 0.6) is 0 Å². The number of carbonyl (C=O) groups excluding carboxylic acids is 1. The molecule has 1 aromatic rings. The van der Waals surface area contributed by atoms with Gasteiger partial charge in [-0.15, -0.1) is 11.3 Å². The van der Waals surface area contributed by atoms with Crippen molar-refractivity contribution in [2.24, 2.45) is 5.41 Å². The van der Waals surface area contributed by atoms with Gasteiger partial charge in [-0.2, -0.15) is 0 Å². The van der Waals surface area contributed by atoms with Crippen LogP contribution in [0.25, 0.3) is 0 Å². The van der Waals surface area contributed by atoms with Gasteiger partial charge in [0.2, 0.25) is 0 Å². The minimum atomic E-state index is -0.0924. The Hall–Kier alpha value is -0.980. The summed E-state index contributed by atoms with van der Waals surface area (Å²) in [5.41, 5.74) is 2.23. The minimum absolute atomic E-state index is 0.0612. The Balaban J connectivity index is 1.91.